The molecule has 106 valence electrons. The van der Waals surface area contributed by atoms with Gasteiger partial charge < -0.3 is 15.6 Å². The molecule has 1 saturated carbocycles. The zero-order valence-corrected chi connectivity index (χ0v) is 11.5. The average Bonchev–Trinajstić information content (AvgIpc) is 3.19. The summed E-state index contributed by atoms with van der Waals surface area (Å²) < 4.78 is 15.2. The van der Waals surface area contributed by atoms with Crippen molar-refractivity contribution in [2.45, 2.75) is 19.4 Å². The maximum atomic E-state index is 13.5. The van der Waals surface area contributed by atoms with E-state index in [0.717, 1.165) is 12.8 Å². The van der Waals surface area contributed by atoms with E-state index in [-0.39, 0.29) is 22.8 Å². The maximum Gasteiger partial charge on any atom is 0.223 e. The van der Waals surface area contributed by atoms with Crippen molar-refractivity contribution >= 4 is 34.5 Å². The highest BCUT2D eigenvalue weighted by molar-refractivity contribution is 6.31. The van der Waals surface area contributed by atoms with E-state index >= 15 is 0 Å². The van der Waals surface area contributed by atoms with Gasteiger partial charge in [0.15, 0.2) is 0 Å². The Kier molecular flexibility index (Phi) is 3.25. The lowest BCUT2D eigenvalue weighted by Gasteiger charge is -2.08. The summed E-state index contributed by atoms with van der Waals surface area (Å²) >= 11 is 5.71. The van der Waals surface area contributed by atoms with Crippen molar-refractivity contribution in [1.29, 1.82) is 0 Å². The fourth-order valence-electron chi connectivity index (χ4n) is 2.15. The third-order valence-corrected chi connectivity index (χ3v) is 3.69. The summed E-state index contributed by atoms with van der Waals surface area (Å²) in [5.41, 5.74) is 6.93. The van der Waals surface area contributed by atoms with Gasteiger partial charge in [-0.2, -0.15) is 0 Å². The first-order valence-corrected chi connectivity index (χ1v) is 6.82. The number of benzene rings is 1. The number of nitrogen functional groups attached to an aromatic ring is 1. The van der Waals surface area contributed by atoms with Crippen molar-refractivity contribution < 1.29 is 9.18 Å². The molecule has 5 nitrogen and oxygen atoms in total. The van der Waals surface area contributed by atoms with E-state index in [9.17, 15) is 9.18 Å². The number of amides is 1. The number of halogens is 2. The van der Waals surface area contributed by atoms with E-state index in [4.69, 9.17) is 17.3 Å². The van der Waals surface area contributed by atoms with Gasteiger partial charge in [0.1, 0.15) is 5.82 Å². The largest absolute Gasteiger partial charge is 0.369 e. The quantitative estimate of drug-likeness (QED) is 0.905. The highest BCUT2D eigenvalue weighted by Crippen LogP contribution is 2.28. The van der Waals surface area contributed by atoms with Gasteiger partial charge in [0.25, 0.3) is 0 Å². The molecule has 1 heterocycles. The highest BCUT2D eigenvalue weighted by atomic mass is 35.5. The third kappa shape index (κ3) is 2.43. The van der Waals surface area contributed by atoms with Crippen LogP contribution in [-0.2, 0) is 11.3 Å². The molecule has 0 aliphatic heterocycles. The number of fused-ring (bicyclic) bond motifs is 1. The molecule has 1 aliphatic carbocycles. The lowest BCUT2D eigenvalue weighted by atomic mass is 10.3. The Morgan fingerprint density at radius 1 is 1.55 bits per heavy atom. The van der Waals surface area contributed by atoms with Crippen LogP contribution in [0, 0.1) is 11.7 Å². The molecule has 1 aromatic heterocycles. The highest BCUT2D eigenvalue weighted by Gasteiger charge is 2.29. The second kappa shape index (κ2) is 4.94. The lowest BCUT2D eigenvalue weighted by molar-refractivity contribution is -0.122. The summed E-state index contributed by atoms with van der Waals surface area (Å²) in [6, 6.07) is 2.76. The molecule has 1 fully saturated rings. The van der Waals surface area contributed by atoms with E-state index in [1.807, 2.05) is 0 Å². The summed E-state index contributed by atoms with van der Waals surface area (Å²) in [6.07, 6.45) is 1.93. The molecule has 3 rings (SSSR count). The van der Waals surface area contributed by atoms with Crippen LogP contribution in [0.3, 0.4) is 0 Å². The molecule has 0 saturated heterocycles. The van der Waals surface area contributed by atoms with E-state index < -0.39 is 5.82 Å². The first-order valence-electron chi connectivity index (χ1n) is 6.44. The van der Waals surface area contributed by atoms with Crippen molar-refractivity contribution in [1.82, 2.24) is 14.9 Å². The van der Waals surface area contributed by atoms with Crippen LogP contribution >= 0.6 is 11.6 Å². The van der Waals surface area contributed by atoms with Crippen molar-refractivity contribution in [2.24, 2.45) is 5.92 Å². The van der Waals surface area contributed by atoms with Crippen LogP contribution in [-0.4, -0.2) is 22.0 Å². The number of nitrogens with zero attached hydrogens (tertiary/aromatic N) is 2. The van der Waals surface area contributed by atoms with Crippen LogP contribution in [0.25, 0.3) is 11.0 Å². The molecule has 0 bridgehead atoms. The lowest BCUT2D eigenvalue weighted by Crippen LogP contribution is -2.28. The molecule has 0 spiro atoms. The van der Waals surface area contributed by atoms with E-state index in [0.29, 0.717) is 24.1 Å². The van der Waals surface area contributed by atoms with Crippen LogP contribution in [0.15, 0.2) is 12.1 Å². The minimum absolute atomic E-state index is 0.0178. The standard InChI is InChI=1S/C13H14ClFN4O/c14-8-5-10-11(6-9(8)15)19(13(16)18-10)4-3-17-12(20)7-1-2-7/h5-7H,1-4H2,(H2,16,18)(H,17,20). The van der Waals surface area contributed by atoms with Crippen LogP contribution in [0.2, 0.25) is 5.02 Å². The first kappa shape index (κ1) is 13.2. The predicted octanol–water partition coefficient (Wildman–Crippen LogP) is 1.94. The number of aromatic nitrogens is 2. The maximum absolute atomic E-state index is 13.5. The minimum atomic E-state index is -0.512. The van der Waals surface area contributed by atoms with E-state index in [2.05, 4.69) is 10.3 Å². The minimum Gasteiger partial charge on any atom is -0.369 e. The number of nitrogens with one attached hydrogen (secondary N) is 1. The molecule has 0 atom stereocenters. The van der Waals surface area contributed by atoms with Crippen LogP contribution in [0.1, 0.15) is 12.8 Å². The van der Waals surface area contributed by atoms with Gasteiger partial charge in [0.2, 0.25) is 11.9 Å². The fourth-order valence-corrected chi connectivity index (χ4v) is 2.31. The SMILES string of the molecule is Nc1nc2cc(Cl)c(F)cc2n1CCNC(=O)C1CC1. The van der Waals surface area contributed by atoms with Gasteiger partial charge in [-0.25, -0.2) is 9.37 Å². The third-order valence-electron chi connectivity index (χ3n) is 3.40. The Bertz CT molecular complexity index is 681. The monoisotopic (exact) mass is 296 g/mol. The number of hydrogen-bond donors (Lipinski definition) is 2. The Labute approximate surface area is 119 Å². The van der Waals surface area contributed by atoms with E-state index in [1.54, 1.807) is 4.57 Å². The summed E-state index contributed by atoms with van der Waals surface area (Å²) in [5.74, 6) is 0.00927. The normalized spacial score (nSPS) is 14.7. The van der Waals surface area contributed by atoms with Gasteiger partial charge in [0, 0.05) is 25.1 Å². The molecule has 20 heavy (non-hydrogen) atoms. The van der Waals surface area contributed by atoms with Crippen molar-refractivity contribution in [3.63, 3.8) is 0 Å². The summed E-state index contributed by atoms with van der Waals surface area (Å²) in [6.45, 7) is 0.886. The first-order chi connectivity index (χ1) is 9.56. The number of nitrogens with two attached hydrogens (primary N) is 1. The zero-order chi connectivity index (χ0) is 14.3. The molecule has 3 N–H and O–H groups in total. The molecular weight excluding hydrogens is 283 g/mol. The predicted molar refractivity (Wildman–Crippen MR) is 74.8 cm³/mol. The van der Waals surface area contributed by atoms with Gasteiger partial charge in [-0.15, -0.1) is 0 Å². The summed E-state index contributed by atoms with van der Waals surface area (Å²) in [5, 5.41) is 2.86. The molecular formula is C13H14ClFN4O. The Hall–Kier alpha value is -1.82. The van der Waals surface area contributed by atoms with Gasteiger partial charge in [0.05, 0.1) is 16.1 Å². The smallest absolute Gasteiger partial charge is 0.223 e. The number of hydrogen-bond acceptors (Lipinski definition) is 3. The second-order valence-electron chi connectivity index (χ2n) is 4.94. The number of rotatable bonds is 4. The van der Waals surface area contributed by atoms with Crippen molar-refractivity contribution in [3.8, 4) is 0 Å². The van der Waals surface area contributed by atoms with Crippen LogP contribution in [0.5, 0.6) is 0 Å². The summed E-state index contributed by atoms with van der Waals surface area (Å²) in [4.78, 5) is 15.7. The Morgan fingerprint density at radius 3 is 3.00 bits per heavy atom. The van der Waals surface area contributed by atoms with E-state index in [1.165, 1.54) is 12.1 Å². The average molecular weight is 297 g/mol. The number of imidazole rings is 1. The number of anilines is 1. The molecule has 2 aromatic rings. The van der Waals surface area contributed by atoms with Crippen LogP contribution in [0.4, 0.5) is 10.3 Å². The van der Waals surface area contributed by atoms with Gasteiger partial charge in [-0.3, -0.25) is 4.79 Å². The molecule has 7 heteroatoms. The molecule has 1 aliphatic rings. The molecule has 1 amide bonds. The molecule has 0 radical (unpaired) electrons. The number of carbonyl (C=O) groups excluding carboxylic acids is 1. The second-order valence-corrected chi connectivity index (χ2v) is 5.35. The Morgan fingerprint density at radius 2 is 2.30 bits per heavy atom. The van der Waals surface area contributed by atoms with Crippen LogP contribution < -0.4 is 11.1 Å². The summed E-state index contributed by atoms with van der Waals surface area (Å²) in [7, 11) is 0. The topological polar surface area (TPSA) is 72.9 Å². The zero-order valence-electron chi connectivity index (χ0n) is 10.7. The molecule has 1 aromatic carbocycles. The number of carbonyl (C=O) groups is 1. The van der Waals surface area contributed by atoms with Crippen molar-refractivity contribution in [2.75, 3.05) is 12.3 Å². The Balaban J connectivity index is 1.77. The van der Waals surface area contributed by atoms with Gasteiger partial charge >= 0.3 is 0 Å². The van der Waals surface area contributed by atoms with Crippen molar-refractivity contribution in [3.05, 3.63) is 23.0 Å². The molecule has 0 unspecified atom stereocenters. The fraction of sp³-hybridized carbons (Fsp3) is 0.385. The van der Waals surface area contributed by atoms with Gasteiger partial charge in [-0.1, -0.05) is 11.6 Å². The van der Waals surface area contributed by atoms with Gasteiger partial charge in [-0.05, 0) is 18.9 Å².